The quantitative estimate of drug-likeness (QED) is 0.606. The average molecular weight is 335 g/mol. The molecule has 4 rings (SSSR count). The molecule has 24 heavy (non-hydrogen) atoms. The summed E-state index contributed by atoms with van der Waals surface area (Å²) in [6, 6.07) is 0. The maximum atomic E-state index is 10.9. The summed E-state index contributed by atoms with van der Waals surface area (Å²) in [6.45, 7) is 10.9. The van der Waals surface area contributed by atoms with Crippen molar-refractivity contribution in [2.24, 2.45) is 28.6 Å². The van der Waals surface area contributed by atoms with Crippen LogP contribution in [0.5, 0.6) is 0 Å². The van der Waals surface area contributed by atoms with Gasteiger partial charge in [0.1, 0.15) is 0 Å². The minimum Gasteiger partial charge on any atom is -0.393 e. The zero-order valence-electron chi connectivity index (χ0n) is 16.4. The third kappa shape index (κ3) is 2.43. The molecule has 3 saturated carbocycles. The highest BCUT2D eigenvalue weighted by Gasteiger charge is 2.61. The molecule has 0 heterocycles. The van der Waals surface area contributed by atoms with Gasteiger partial charge in [-0.2, -0.15) is 0 Å². The maximum Gasteiger partial charge on any atom is 0.0675 e. The van der Waals surface area contributed by atoms with Crippen molar-refractivity contribution in [1.29, 1.82) is 0 Å². The molecular weight excluding hydrogens is 296 g/mol. The van der Waals surface area contributed by atoms with E-state index in [9.17, 15) is 10.2 Å². The topological polar surface area (TPSA) is 40.5 Å². The molecule has 0 aliphatic heterocycles. The number of rotatable bonds is 0. The van der Waals surface area contributed by atoms with Crippen LogP contribution in [0, 0.1) is 28.6 Å². The summed E-state index contributed by atoms with van der Waals surface area (Å²) in [5, 5.41) is 21.0. The fourth-order valence-electron chi connectivity index (χ4n) is 6.89. The van der Waals surface area contributed by atoms with Crippen LogP contribution in [0.15, 0.2) is 11.6 Å². The van der Waals surface area contributed by atoms with Gasteiger partial charge < -0.3 is 10.2 Å². The van der Waals surface area contributed by atoms with Gasteiger partial charge in [-0.3, -0.25) is 0 Å². The average Bonchev–Trinajstić information content (AvgIpc) is 2.80. The van der Waals surface area contributed by atoms with E-state index >= 15 is 0 Å². The molecule has 3 fully saturated rings. The molecule has 138 valence electrons. The Kier molecular flexibility index (Phi) is 4.71. The number of aliphatic hydroxyl groups is 2. The zero-order chi connectivity index (χ0) is 17.8. The largest absolute Gasteiger partial charge is 0.393 e. The molecule has 0 saturated heterocycles. The monoisotopic (exact) mass is 334 g/mol. The molecular formula is C22H38O2. The second kappa shape index (κ2) is 6.13. The van der Waals surface area contributed by atoms with Crippen LogP contribution < -0.4 is 0 Å². The van der Waals surface area contributed by atoms with Gasteiger partial charge in [0, 0.05) is 0 Å². The van der Waals surface area contributed by atoms with Crippen molar-refractivity contribution in [1.82, 2.24) is 0 Å². The van der Waals surface area contributed by atoms with Crippen LogP contribution in [0.3, 0.4) is 0 Å². The Morgan fingerprint density at radius 3 is 2.33 bits per heavy atom. The first-order valence-corrected chi connectivity index (χ1v) is 10.4. The molecule has 0 bridgehead atoms. The second-order valence-corrected chi connectivity index (χ2v) is 9.42. The highest BCUT2D eigenvalue weighted by molar-refractivity contribution is 5.26. The van der Waals surface area contributed by atoms with Crippen molar-refractivity contribution in [2.45, 2.75) is 97.7 Å². The molecule has 0 amide bonds. The normalized spacial score (nSPS) is 53.0. The first-order valence-electron chi connectivity index (χ1n) is 10.4. The summed E-state index contributed by atoms with van der Waals surface area (Å²) in [4.78, 5) is 0. The lowest BCUT2D eigenvalue weighted by Gasteiger charge is -2.58. The van der Waals surface area contributed by atoms with Gasteiger partial charge in [0.15, 0.2) is 0 Å². The fraction of sp³-hybridized carbons (Fsp3) is 0.909. The van der Waals surface area contributed by atoms with Crippen molar-refractivity contribution < 1.29 is 10.2 Å². The zero-order valence-corrected chi connectivity index (χ0v) is 16.4. The highest BCUT2D eigenvalue weighted by atomic mass is 16.3. The highest BCUT2D eigenvalue weighted by Crippen LogP contribution is 2.66. The van der Waals surface area contributed by atoms with Gasteiger partial charge in [-0.15, -0.1) is 0 Å². The van der Waals surface area contributed by atoms with Crippen LogP contribution in [0.25, 0.3) is 0 Å². The van der Waals surface area contributed by atoms with Crippen molar-refractivity contribution in [3.63, 3.8) is 0 Å². The smallest absolute Gasteiger partial charge is 0.0675 e. The van der Waals surface area contributed by atoms with Gasteiger partial charge in [-0.25, -0.2) is 0 Å². The molecule has 0 aromatic carbocycles. The van der Waals surface area contributed by atoms with E-state index in [1.807, 2.05) is 13.8 Å². The van der Waals surface area contributed by atoms with Gasteiger partial charge >= 0.3 is 0 Å². The summed E-state index contributed by atoms with van der Waals surface area (Å²) >= 11 is 0. The molecule has 7 unspecified atom stereocenters. The van der Waals surface area contributed by atoms with Gasteiger partial charge in [-0.1, -0.05) is 39.3 Å². The van der Waals surface area contributed by atoms with E-state index in [1.54, 1.807) is 5.57 Å². The lowest BCUT2D eigenvalue weighted by Crippen LogP contribution is -2.53. The van der Waals surface area contributed by atoms with Crippen molar-refractivity contribution in [3.05, 3.63) is 11.6 Å². The van der Waals surface area contributed by atoms with Crippen molar-refractivity contribution in [2.75, 3.05) is 0 Å². The van der Waals surface area contributed by atoms with Crippen molar-refractivity contribution >= 4 is 0 Å². The Bertz CT molecular complexity index is 508. The molecule has 7 atom stereocenters. The molecule has 0 spiro atoms. The molecule has 4 aliphatic carbocycles. The molecule has 2 N–H and O–H groups in total. The third-order valence-electron chi connectivity index (χ3n) is 8.64. The molecule has 0 radical (unpaired) electrons. The van der Waals surface area contributed by atoms with E-state index in [-0.39, 0.29) is 11.5 Å². The Morgan fingerprint density at radius 2 is 1.62 bits per heavy atom. The van der Waals surface area contributed by atoms with E-state index in [0.29, 0.717) is 11.3 Å². The van der Waals surface area contributed by atoms with Crippen LogP contribution in [0.2, 0.25) is 0 Å². The molecule has 4 aliphatic rings. The predicted octanol–water partition coefficient (Wildman–Crippen LogP) is 5.09. The third-order valence-corrected chi connectivity index (χ3v) is 8.64. The Balaban J connectivity index is 0.000000815. The van der Waals surface area contributed by atoms with Gasteiger partial charge in [0.05, 0.1) is 11.7 Å². The Labute approximate surface area is 148 Å². The summed E-state index contributed by atoms with van der Waals surface area (Å²) in [5.41, 5.74) is 1.50. The number of hydrogen-bond acceptors (Lipinski definition) is 2. The number of fused-ring (bicyclic) bond motifs is 5. The molecule has 0 aromatic heterocycles. The fourth-order valence-corrected chi connectivity index (χ4v) is 6.89. The minimum atomic E-state index is -0.476. The minimum absolute atomic E-state index is 0.114. The van der Waals surface area contributed by atoms with Gasteiger partial charge in [-0.05, 0) is 86.9 Å². The van der Waals surface area contributed by atoms with E-state index in [0.717, 1.165) is 37.5 Å². The van der Waals surface area contributed by atoms with Gasteiger partial charge in [0.2, 0.25) is 0 Å². The number of aliphatic hydroxyl groups excluding tert-OH is 1. The number of hydrogen-bond donors (Lipinski definition) is 2. The van der Waals surface area contributed by atoms with Crippen LogP contribution >= 0.6 is 0 Å². The Hall–Kier alpha value is -0.340. The Morgan fingerprint density at radius 1 is 0.958 bits per heavy atom. The number of allylic oxidation sites excluding steroid dienone is 1. The van der Waals surface area contributed by atoms with E-state index in [1.165, 1.54) is 25.7 Å². The van der Waals surface area contributed by atoms with Gasteiger partial charge in [0.25, 0.3) is 0 Å². The van der Waals surface area contributed by atoms with Crippen LogP contribution in [-0.4, -0.2) is 21.9 Å². The van der Waals surface area contributed by atoms with E-state index < -0.39 is 5.60 Å². The first kappa shape index (κ1) is 18.5. The van der Waals surface area contributed by atoms with E-state index in [2.05, 4.69) is 26.8 Å². The van der Waals surface area contributed by atoms with E-state index in [4.69, 9.17) is 0 Å². The first-order chi connectivity index (χ1) is 11.3. The lowest BCUT2D eigenvalue weighted by atomic mass is 9.47. The maximum absolute atomic E-state index is 10.9. The summed E-state index contributed by atoms with van der Waals surface area (Å²) in [6.07, 6.45) is 11.2. The molecule has 0 aromatic rings. The second-order valence-electron chi connectivity index (χ2n) is 9.42. The summed E-state index contributed by atoms with van der Waals surface area (Å²) in [7, 11) is 0. The SMILES string of the molecule is CC.CC12CCC(O)CC1=CCC1C2CCC2(C)C1CCC2(C)O. The van der Waals surface area contributed by atoms with Crippen LogP contribution in [0.4, 0.5) is 0 Å². The van der Waals surface area contributed by atoms with Crippen molar-refractivity contribution in [3.8, 4) is 0 Å². The lowest BCUT2D eigenvalue weighted by molar-refractivity contribution is -0.115. The summed E-state index contributed by atoms with van der Waals surface area (Å²) in [5.74, 6) is 2.20. The van der Waals surface area contributed by atoms with Crippen LogP contribution in [-0.2, 0) is 0 Å². The molecule has 2 heteroatoms. The molecule has 2 nitrogen and oxygen atoms in total. The van der Waals surface area contributed by atoms with Crippen LogP contribution in [0.1, 0.15) is 86.0 Å². The standard InChI is InChI=1S/C20H32O2.C2H6/c1-18-9-6-14(21)12-13(18)4-5-15-16(18)7-10-19(2)17(15)8-11-20(19,3)22;1-2/h4,14-17,21-22H,5-12H2,1-3H3;1-2H3. The predicted molar refractivity (Wildman–Crippen MR) is 99.7 cm³/mol. The summed E-state index contributed by atoms with van der Waals surface area (Å²) < 4.78 is 0.